The molecule has 0 bridgehead atoms. The van der Waals surface area contributed by atoms with Crippen LogP contribution in [-0.2, 0) is 0 Å². The first-order valence-electron chi connectivity index (χ1n) is 7.78. The van der Waals surface area contributed by atoms with Gasteiger partial charge in [0.05, 0.1) is 6.26 Å². The van der Waals surface area contributed by atoms with Crippen LogP contribution in [0.1, 0.15) is 22.0 Å². The number of nitrogens with one attached hydrogen (secondary N) is 2. The molecule has 0 fully saturated rings. The van der Waals surface area contributed by atoms with Crippen molar-refractivity contribution in [2.75, 3.05) is 0 Å². The van der Waals surface area contributed by atoms with E-state index in [0.29, 0.717) is 0 Å². The van der Waals surface area contributed by atoms with Crippen molar-refractivity contribution in [1.82, 2.24) is 9.97 Å². The van der Waals surface area contributed by atoms with Crippen molar-refractivity contribution in [1.29, 1.82) is 0 Å². The standard InChI is InChI=1S/2C5H7N.C5H6O.C5H6S/c4*1-5-3-2-4-6-5/h2*2-4,6H,1H3;2*2-4H,1H3. The molecular weight excluding hydrogens is 316 g/mol. The Kier molecular flexibility index (Phi) is 9.81. The van der Waals surface area contributed by atoms with Gasteiger partial charge in [0.1, 0.15) is 5.76 Å². The summed E-state index contributed by atoms with van der Waals surface area (Å²) in [6.07, 6.45) is 5.49. The molecule has 4 heterocycles. The van der Waals surface area contributed by atoms with E-state index < -0.39 is 0 Å². The number of hydrogen-bond acceptors (Lipinski definition) is 2. The molecule has 0 aliphatic carbocycles. The van der Waals surface area contributed by atoms with Gasteiger partial charge in [0.15, 0.2) is 0 Å². The Morgan fingerprint density at radius 1 is 0.750 bits per heavy atom. The fourth-order valence-electron chi connectivity index (χ4n) is 1.56. The Balaban J connectivity index is 0.000000160. The van der Waals surface area contributed by atoms with Gasteiger partial charge in [-0.1, -0.05) is 6.07 Å². The second-order valence-electron chi connectivity index (χ2n) is 5.15. The van der Waals surface area contributed by atoms with Gasteiger partial charge in [-0.3, -0.25) is 0 Å². The molecule has 4 aromatic heterocycles. The van der Waals surface area contributed by atoms with Crippen LogP contribution in [0.4, 0.5) is 0 Å². The van der Waals surface area contributed by atoms with E-state index in [9.17, 15) is 0 Å². The van der Waals surface area contributed by atoms with Crippen molar-refractivity contribution in [2.45, 2.75) is 27.7 Å². The van der Waals surface area contributed by atoms with E-state index >= 15 is 0 Å². The first kappa shape index (κ1) is 19.6. The first-order chi connectivity index (χ1) is 11.6. The normalized spacial score (nSPS) is 8.83. The fourth-order valence-corrected chi connectivity index (χ4v) is 2.09. The summed E-state index contributed by atoms with van der Waals surface area (Å²) < 4.78 is 4.83. The summed E-state index contributed by atoms with van der Waals surface area (Å²) in [7, 11) is 0. The Bertz CT molecular complexity index is 565. The predicted octanol–water partition coefficient (Wildman–Crippen LogP) is 6.29. The molecule has 3 nitrogen and oxygen atoms in total. The highest BCUT2D eigenvalue weighted by molar-refractivity contribution is 7.09. The Morgan fingerprint density at radius 3 is 1.50 bits per heavy atom. The van der Waals surface area contributed by atoms with Crippen molar-refractivity contribution < 1.29 is 4.42 Å². The van der Waals surface area contributed by atoms with Gasteiger partial charge >= 0.3 is 0 Å². The number of thiophene rings is 1. The largest absolute Gasteiger partial charge is 0.470 e. The molecule has 0 saturated carbocycles. The fraction of sp³-hybridized carbons (Fsp3) is 0.200. The summed E-state index contributed by atoms with van der Waals surface area (Å²) in [5, 5.41) is 2.08. The molecule has 0 unspecified atom stereocenters. The lowest BCUT2D eigenvalue weighted by molar-refractivity contribution is 0.534. The van der Waals surface area contributed by atoms with Gasteiger partial charge in [0.25, 0.3) is 0 Å². The zero-order valence-electron chi connectivity index (χ0n) is 14.7. The molecule has 128 valence electrons. The van der Waals surface area contributed by atoms with Crippen LogP contribution in [0.3, 0.4) is 0 Å². The van der Waals surface area contributed by atoms with E-state index in [0.717, 1.165) is 5.76 Å². The van der Waals surface area contributed by atoms with Crippen LogP contribution in [0, 0.1) is 27.7 Å². The molecule has 4 rings (SSSR count). The molecule has 2 N–H and O–H groups in total. The third-order valence-electron chi connectivity index (χ3n) is 2.83. The lowest BCUT2D eigenvalue weighted by Gasteiger charge is -1.70. The molecule has 4 aromatic rings. The van der Waals surface area contributed by atoms with Crippen molar-refractivity contribution in [3.63, 3.8) is 0 Å². The van der Waals surface area contributed by atoms with E-state index in [2.05, 4.69) is 34.4 Å². The quantitative estimate of drug-likeness (QED) is 0.387. The molecule has 0 radical (unpaired) electrons. The molecule has 0 saturated heterocycles. The lowest BCUT2D eigenvalue weighted by Crippen LogP contribution is -1.59. The molecule has 0 aromatic carbocycles. The highest BCUT2D eigenvalue weighted by Crippen LogP contribution is 2.03. The van der Waals surface area contributed by atoms with E-state index in [1.54, 1.807) is 17.6 Å². The van der Waals surface area contributed by atoms with Crippen LogP contribution in [0.25, 0.3) is 0 Å². The SMILES string of the molecule is Cc1ccc[nH]1.Cc1ccc[nH]1.Cc1ccco1.Cc1cccs1. The minimum atomic E-state index is 0.968. The Labute approximate surface area is 148 Å². The topological polar surface area (TPSA) is 44.7 Å². The van der Waals surface area contributed by atoms with Crippen LogP contribution >= 0.6 is 11.3 Å². The number of aryl methyl sites for hydroxylation is 4. The van der Waals surface area contributed by atoms with Gasteiger partial charge < -0.3 is 14.4 Å². The molecule has 0 spiro atoms. The highest BCUT2D eigenvalue weighted by atomic mass is 32.1. The van der Waals surface area contributed by atoms with Gasteiger partial charge in [-0.2, -0.15) is 0 Å². The number of aromatic nitrogens is 2. The van der Waals surface area contributed by atoms with Crippen molar-refractivity contribution in [3.8, 4) is 0 Å². The molecular formula is C20H26N2OS. The maximum Gasteiger partial charge on any atom is 0.100 e. The summed E-state index contributed by atoms with van der Waals surface area (Å²) in [4.78, 5) is 7.38. The number of furan rings is 1. The van der Waals surface area contributed by atoms with Crippen LogP contribution in [0.5, 0.6) is 0 Å². The zero-order chi connectivity index (χ0) is 17.6. The molecule has 0 aliphatic heterocycles. The van der Waals surface area contributed by atoms with Gasteiger partial charge in [-0.05, 0) is 75.5 Å². The lowest BCUT2D eigenvalue weighted by atomic mass is 10.5. The average molecular weight is 343 g/mol. The second kappa shape index (κ2) is 12.0. The molecule has 24 heavy (non-hydrogen) atoms. The van der Waals surface area contributed by atoms with Gasteiger partial charge in [0, 0.05) is 28.7 Å². The highest BCUT2D eigenvalue weighted by Gasteiger charge is 1.76. The van der Waals surface area contributed by atoms with Crippen LogP contribution in [-0.4, -0.2) is 9.97 Å². The van der Waals surface area contributed by atoms with Crippen molar-refractivity contribution in [2.24, 2.45) is 0 Å². The van der Waals surface area contributed by atoms with E-state index in [-0.39, 0.29) is 0 Å². The van der Waals surface area contributed by atoms with Crippen LogP contribution < -0.4 is 0 Å². The molecule has 0 amide bonds. The third-order valence-corrected chi connectivity index (χ3v) is 3.63. The molecule has 0 aliphatic rings. The molecule has 0 atom stereocenters. The first-order valence-corrected chi connectivity index (χ1v) is 8.66. The Morgan fingerprint density at radius 2 is 1.38 bits per heavy atom. The zero-order valence-corrected chi connectivity index (χ0v) is 15.6. The van der Waals surface area contributed by atoms with Gasteiger partial charge in [0.2, 0.25) is 0 Å². The summed E-state index contributed by atoms with van der Waals surface area (Å²) in [6.45, 7) is 8.07. The van der Waals surface area contributed by atoms with E-state index in [1.807, 2.05) is 69.6 Å². The summed E-state index contributed by atoms with van der Waals surface area (Å²) in [5.74, 6) is 0.968. The smallest absolute Gasteiger partial charge is 0.100 e. The van der Waals surface area contributed by atoms with Crippen LogP contribution in [0.15, 0.2) is 77.0 Å². The number of rotatable bonds is 0. The Hall–Kier alpha value is -2.46. The van der Waals surface area contributed by atoms with Gasteiger partial charge in [-0.25, -0.2) is 0 Å². The van der Waals surface area contributed by atoms with Crippen molar-refractivity contribution >= 4 is 11.3 Å². The third kappa shape index (κ3) is 10.3. The van der Waals surface area contributed by atoms with Crippen molar-refractivity contribution in [3.05, 3.63) is 94.6 Å². The summed E-state index contributed by atoms with van der Waals surface area (Å²) in [5.41, 5.74) is 2.44. The summed E-state index contributed by atoms with van der Waals surface area (Å²) in [6, 6.07) is 16.0. The number of H-pyrrole nitrogens is 2. The number of aromatic amines is 2. The van der Waals surface area contributed by atoms with Crippen LogP contribution in [0.2, 0.25) is 0 Å². The molecule has 4 heteroatoms. The minimum absolute atomic E-state index is 0.968. The van der Waals surface area contributed by atoms with Gasteiger partial charge in [-0.15, -0.1) is 11.3 Å². The summed E-state index contributed by atoms with van der Waals surface area (Å²) >= 11 is 1.78. The van der Waals surface area contributed by atoms with E-state index in [4.69, 9.17) is 4.42 Å². The average Bonchev–Trinajstić information content (AvgIpc) is 3.31. The maximum atomic E-state index is 4.83. The second-order valence-corrected chi connectivity index (χ2v) is 6.31. The maximum absolute atomic E-state index is 4.83. The van der Waals surface area contributed by atoms with E-state index in [1.165, 1.54) is 16.3 Å². The number of hydrogen-bond donors (Lipinski definition) is 2. The minimum Gasteiger partial charge on any atom is -0.470 e. The predicted molar refractivity (Wildman–Crippen MR) is 104 cm³/mol. The monoisotopic (exact) mass is 342 g/mol.